The molecule has 0 bridgehead atoms. The van der Waals surface area contributed by atoms with E-state index in [9.17, 15) is 83.2 Å². The molecule has 0 N–H and O–H groups in total. The van der Waals surface area contributed by atoms with Crippen molar-refractivity contribution in [1.29, 1.82) is 0 Å². The summed E-state index contributed by atoms with van der Waals surface area (Å²) < 4.78 is 226. The summed E-state index contributed by atoms with van der Waals surface area (Å²) in [7, 11) is -4.25. The van der Waals surface area contributed by atoms with Crippen LogP contribution < -0.4 is 0 Å². The zero-order chi connectivity index (χ0) is 29.2. The lowest BCUT2D eigenvalue weighted by Gasteiger charge is -2.39. The van der Waals surface area contributed by atoms with Gasteiger partial charge in [0, 0.05) is 5.41 Å². The van der Waals surface area contributed by atoms with E-state index < -0.39 is 57.8 Å². The standard InChI is InChI=1S/C8F16.C8H8O3S/c9-1(2(10)11)3(12,13)4(14,15)5(16,17)6(18,19)7(20,21)8(22,23)24;9-12(10,11)7-6-8-4-2-1-3-5-8/h;1-7H,(H,9,10,11)/p-1. The summed E-state index contributed by atoms with van der Waals surface area (Å²) in [4.78, 5) is 0. The normalized spacial score (nSPS) is 14.4. The van der Waals surface area contributed by atoms with Gasteiger partial charge in [0.1, 0.15) is 10.1 Å². The Labute approximate surface area is 189 Å². The first-order valence-electron chi connectivity index (χ1n) is 8.04. The minimum atomic E-state index is -8.31. The molecular formula is C16H7F16O3S-. The summed E-state index contributed by atoms with van der Waals surface area (Å²) in [5.41, 5.74) is 0.692. The highest BCUT2D eigenvalue weighted by Gasteiger charge is 2.91. The SMILES string of the molecule is FC(F)=C(F)C(F)(F)C(F)(F)C(F)(F)C(F)(F)C(F)(F)C(F)(F)F.O=S(=O)([O-])C=Cc1ccccc1. The molecule has 20 heteroatoms. The van der Waals surface area contributed by atoms with Gasteiger partial charge in [-0.2, -0.15) is 70.2 Å². The molecule has 1 aromatic carbocycles. The van der Waals surface area contributed by atoms with Gasteiger partial charge < -0.3 is 4.55 Å². The Morgan fingerprint density at radius 1 is 0.667 bits per heavy atom. The van der Waals surface area contributed by atoms with E-state index in [4.69, 9.17) is 0 Å². The van der Waals surface area contributed by atoms with Crippen LogP contribution in [-0.4, -0.2) is 48.8 Å². The number of alkyl halides is 13. The van der Waals surface area contributed by atoms with Crippen LogP contribution in [-0.2, 0) is 10.1 Å². The molecule has 0 saturated heterocycles. The van der Waals surface area contributed by atoms with Crippen LogP contribution in [0.15, 0.2) is 47.6 Å². The fourth-order valence-corrected chi connectivity index (χ4v) is 2.08. The van der Waals surface area contributed by atoms with E-state index >= 15 is 0 Å². The minimum absolute atomic E-state index is 0.641. The van der Waals surface area contributed by atoms with Crippen LogP contribution in [0.4, 0.5) is 70.2 Å². The Morgan fingerprint density at radius 3 is 1.39 bits per heavy atom. The quantitative estimate of drug-likeness (QED) is 0.257. The Balaban J connectivity index is 0.000000846. The van der Waals surface area contributed by atoms with Gasteiger partial charge in [0.05, 0.1) is 0 Å². The van der Waals surface area contributed by atoms with Crippen molar-refractivity contribution in [2.45, 2.75) is 35.8 Å². The van der Waals surface area contributed by atoms with E-state index in [-0.39, 0.29) is 0 Å². The molecule has 3 nitrogen and oxygen atoms in total. The third-order valence-electron chi connectivity index (χ3n) is 3.60. The highest BCUT2D eigenvalue weighted by molar-refractivity contribution is 7.88. The average Bonchev–Trinajstić information content (AvgIpc) is 2.70. The maximum atomic E-state index is 12.7. The fourth-order valence-electron chi connectivity index (χ4n) is 1.75. The molecule has 0 amide bonds. The fraction of sp³-hybridized carbons (Fsp3) is 0.375. The molecule has 0 spiro atoms. The number of hydrogen-bond donors (Lipinski definition) is 0. The van der Waals surface area contributed by atoms with Crippen LogP contribution in [0.1, 0.15) is 5.56 Å². The van der Waals surface area contributed by atoms with Gasteiger partial charge in [0.25, 0.3) is 0 Å². The molecule has 0 saturated carbocycles. The van der Waals surface area contributed by atoms with Crippen molar-refractivity contribution in [3.63, 3.8) is 0 Å². The topological polar surface area (TPSA) is 57.2 Å². The molecule has 0 fully saturated rings. The van der Waals surface area contributed by atoms with E-state index in [1.807, 2.05) is 6.07 Å². The van der Waals surface area contributed by atoms with Crippen molar-refractivity contribution in [3.05, 3.63) is 53.2 Å². The summed E-state index contributed by atoms with van der Waals surface area (Å²) in [6, 6.07) is 8.75. The molecule has 0 unspecified atom stereocenters. The number of hydrogen-bond acceptors (Lipinski definition) is 3. The molecule has 0 aromatic heterocycles. The van der Waals surface area contributed by atoms with Crippen LogP contribution in [0.25, 0.3) is 6.08 Å². The Kier molecular flexibility index (Phi) is 9.73. The lowest BCUT2D eigenvalue weighted by molar-refractivity contribution is -0.437. The monoisotopic (exact) mass is 583 g/mol. The highest BCUT2D eigenvalue weighted by Crippen LogP contribution is 2.61. The van der Waals surface area contributed by atoms with Crippen LogP contribution in [0.2, 0.25) is 0 Å². The molecule has 0 heterocycles. The summed E-state index contributed by atoms with van der Waals surface area (Å²) in [5, 5.41) is 0.641. The zero-order valence-corrected chi connectivity index (χ0v) is 17.0. The van der Waals surface area contributed by atoms with Gasteiger partial charge in [-0.25, -0.2) is 8.42 Å². The molecule has 0 aliphatic rings. The van der Waals surface area contributed by atoms with Gasteiger partial charge in [0.2, 0.25) is 5.83 Å². The lowest BCUT2D eigenvalue weighted by atomic mass is 9.93. The maximum absolute atomic E-state index is 12.7. The number of benzene rings is 1. The second-order valence-electron chi connectivity index (χ2n) is 6.15. The molecule has 1 aromatic rings. The first kappa shape index (κ1) is 33.5. The van der Waals surface area contributed by atoms with Gasteiger partial charge in [-0.1, -0.05) is 30.3 Å². The first-order chi connectivity index (χ1) is 15.7. The van der Waals surface area contributed by atoms with Crippen LogP contribution in [0.3, 0.4) is 0 Å². The van der Waals surface area contributed by atoms with Crippen molar-refractivity contribution in [1.82, 2.24) is 0 Å². The molecular weight excluding hydrogens is 576 g/mol. The molecule has 0 aliphatic carbocycles. The number of allylic oxidation sites excluding steroid dienone is 1. The maximum Gasteiger partial charge on any atom is 0.460 e. The molecule has 0 aliphatic heterocycles. The minimum Gasteiger partial charge on any atom is -0.744 e. The summed E-state index contributed by atoms with van der Waals surface area (Å²) in [6.07, 6.45) is -10.8. The predicted molar refractivity (Wildman–Crippen MR) is 86.3 cm³/mol. The molecule has 1 rings (SSSR count). The van der Waals surface area contributed by atoms with Crippen molar-refractivity contribution in [2.24, 2.45) is 0 Å². The highest BCUT2D eigenvalue weighted by atomic mass is 32.2. The van der Waals surface area contributed by atoms with E-state index in [1.165, 1.54) is 6.08 Å². The largest absolute Gasteiger partial charge is 0.744 e. The number of rotatable bonds is 7. The first-order valence-corrected chi connectivity index (χ1v) is 9.51. The predicted octanol–water partition coefficient (Wildman–Crippen LogP) is 7.01. The van der Waals surface area contributed by atoms with Crippen LogP contribution in [0, 0.1) is 0 Å². The summed E-state index contributed by atoms with van der Waals surface area (Å²) in [5.74, 6) is -44.9. The second-order valence-corrected chi connectivity index (χ2v) is 7.41. The van der Waals surface area contributed by atoms with Crippen molar-refractivity contribution in [2.75, 3.05) is 0 Å². The molecule has 0 atom stereocenters. The average molecular weight is 583 g/mol. The van der Waals surface area contributed by atoms with E-state index in [0.717, 1.165) is 0 Å². The van der Waals surface area contributed by atoms with Gasteiger partial charge >= 0.3 is 41.9 Å². The van der Waals surface area contributed by atoms with E-state index in [0.29, 0.717) is 11.0 Å². The van der Waals surface area contributed by atoms with Gasteiger partial charge in [0.15, 0.2) is 0 Å². The Hall–Kier alpha value is -2.51. The summed E-state index contributed by atoms with van der Waals surface area (Å²) in [6.45, 7) is 0. The Bertz CT molecular complexity index is 1050. The Morgan fingerprint density at radius 2 is 1.06 bits per heavy atom. The third-order valence-corrected chi connectivity index (χ3v) is 4.07. The van der Waals surface area contributed by atoms with E-state index in [1.54, 1.807) is 24.3 Å². The van der Waals surface area contributed by atoms with Crippen molar-refractivity contribution >= 4 is 16.2 Å². The smallest absolute Gasteiger partial charge is 0.460 e. The van der Waals surface area contributed by atoms with Gasteiger partial charge in [-0.15, -0.1) is 0 Å². The second kappa shape index (κ2) is 10.5. The van der Waals surface area contributed by atoms with Crippen LogP contribution in [0.5, 0.6) is 0 Å². The molecule has 0 radical (unpaired) electrons. The molecule has 36 heavy (non-hydrogen) atoms. The van der Waals surface area contributed by atoms with E-state index in [2.05, 4.69) is 0 Å². The van der Waals surface area contributed by atoms with Gasteiger partial charge in [-0.3, -0.25) is 0 Å². The zero-order valence-electron chi connectivity index (χ0n) is 16.2. The molecule has 208 valence electrons. The van der Waals surface area contributed by atoms with Crippen molar-refractivity contribution in [3.8, 4) is 0 Å². The van der Waals surface area contributed by atoms with Crippen LogP contribution >= 0.6 is 0 Å². The number of halogens is 16. The van der Waals surface area contributed by atoms with Crippen molar-refractivity contribution < 1.29 is 83.2 Å². The third kappa shape index (κ3) is 6.62. The summed E-state index contributed by atoms with van der Waals surface area (Å²) >= 11 is 0. The van der Waals surface area contributed by atoms with Gasteiger partial charge in [-0.05, 0) is 11.6 Å². The lowest BCUT2D eigenvalue weighted by Crippen LogP contribution is -2.70.